The molecule has 0 spiro atoms. The van der Waals surface area contributed by atoms with Crippen molar-refractivity contribution in [3.05, 3.63) is 56.8 Å². The lowest BCUT2D eigenvalue weighted by atomic mass is 10.1. The van der Waals surface area contributed by atoms with Crippen LogP contribution in [0.4, 0.5) is 4.79 Å². The number of nitrogens with zero attached hydrogens (tertiary/aromatic N) is 1. The van der Waals surface area contributed by atoms with Crippen molar-refractivity contribution in [3.8, 4) is 17.1 Å². The third kappa shape index (κ3) is 6.35. The van der Waals surface area contributed by atoms with E-state index in [1.54, 1.807) is 57.2 Å². The Balaban J connectivity index is 1.72. The van der Waals surface area contributed by atoms with Gasteiger partial charge >= 0.3 is 6.09 Å². The number of nitrogens with one attached hydrogen (secondary N) is 2. The summed E-state index contributed by atoms with van der Waals surface area (Å²) in [6.07, 6.45) is 0.0827. The van der Waals surface area contributed by atoms with Gasteiger partial charge in [0, 0.05) is 16.6 Å². The van der Waals surface area contributed by atoms with Crippen molar-refractivity contribution < 1.29 is 14.3 Å². The number of ether oxygens (including phenoxy) is 2. The molecule has 1 heterocycles. The monoisotopic (exact) mass is 463 g/mol. The number of amides is 1. The number of carbonyl (C=O) groups excluding carboxylic acids is 1. The Morgan fingerprint density at radius 2 is 1.84 bits per heavy atom. The fraction of sp³-hybridized carbons (Fsp3) is 0.318. The molecule has 0 radical (unpaired) electrons. The van der Waals surface area contributed by atoms with Crippen LogP contribution in [-0.4, -0.2) is 34.8 Å². The molecule has 0 aliphatic heterocycles. The fourth-order valence-electron chi connectivity index (χ4n) is 2.81. The molecule has 3 rings (SSSR count). The summed E-state index contributed by atoms with van der Waals surface area (Å²) in [5.74, 6) is 0.849. The third-order valence-corrected chi connectivity index (χ3v) is 4.58. The van der Waals surface area contributed by atoms with Crippen molar-refractivity contribution >= 4 is 40.2 Å². The Bertz CT molecular complexity index is 1160. The summed E-state index contributed by atoms with van der Waals surface area (Å²) in [5.41, 5.74) is 0.209. The summed E-state index contributed by atoms with van der Waals surface area (Å²) in [6, 6.07) is 10.0. The standard InChI is InChI=1S/C22H23Cl2N3O4/c1-22(2,3)31-21(29)25-9-4-10-30-18-8-6-14(24)12-16(18)19-26-17-7-5-13(23)11-15(17)20(28)27-19/h5-8,11-12H,4,9-10H2,1-3H3,(H,25,29)(H,26,27,28). The molecule has 164 valence electrons. The number of carbonyl (C=O) groups is 1. The predicted molar refractivity (Wildman–Crippen MR) is 122 cm³/mol. The first-order chi connectivity index (χ1) is 14.6. The minimum Gasteiger partial charge on any atom is -0.493 e. The van der Waals surface area contributed by atoms with E-state index in [4.69, 9.17) is 32.7 Å². The Kier molecular flexibility index (Phi) is 7.08. The van der Waals surface area contributed by atoms with Crippen LogP contribution in [0.2, 0.25) is 10.0 Å². The molecule has 0 aliphatic rings. The first-order valence-electron chi connectivity index (χ1n) is 9.71. The van der Waals surface area contributed by atoms with E-state index in [2.05, 4.69) is 15.3 Å². The maximum atomic E-state index is 12.5. The SMILES string of the molecule is CC(C)(C)OC(=O)NCCCOc1ccc(Cl)cc1-c1nc2ccc(Cl)cc2c(=O)[nH]1. The Hall–Kier alpha value is -2.77. The quantitative estimate of drug-likeness (QED) is 0.490. The number of H-pyrrole nitrogens is 1. The van der Waals surface area contributed by atoms with Crippen molar-refractivity contribution in [2.24, 2.45) is 0 Å². The minimum absolute atomic E-state index is 0.310. The predicted octanol–water partition coefficient (Wildman–Crippen LogP) is 5.19. The van der Waals surface area contributed by atoms with Gasteiger partial charge in [-0.2, -0.15) is 0 Å². The average Bonchev–Trinajstić information content (AvgIpc) is 2.67. The summed E-state index contributed by atoms with van der Waals surface area (Å²) < 4.78 is 11.1. The molecule has 1 aromatic heterocycles. The summed E-state index contributed by atoms with van der Waals surface area (Å²) in [6.45, 7) is 6.13. The molecule has 31 heavy (non-hydrogen) atoms. The number of hydrogen-bond donors (Lipinski definition) is 2. The zero-order valence-corrected chi connectivity index (χ0v) is 18.9. The molecule has 0 fully saturated rings. The largest absolute Gasteiger partial charge is 0.493 e. The molecule has 0 bridgehead atoms. The van der Waals surface area contributed by atoms with Crippen LogP contribution in [0, 0.1) is 0 Å². The normalized spacial score (nSPS) is 11.4. The van der Waals surface area contributed by atoms with Gasteiger partial charge in [-0.05, 0) is 63.6 Å². The van der Waals surface area contributed by atoms with Crippen LogP contribution in [-0.2, 0) is 4.74 Å². The minimum atomic E-state index is -0.548. The van der Waals surface area contributed by atoms with Crippen molar-refractivity contribution in [2.45, 2.75) is 32.8 Å². The summed E-state index contributed by atoms with van der Waals surface area (Å²) in [7, 11) is 0. The van der Waals surface area contributed by atoms with Crippen molar-refractivity contribution in [2.75, 3.05) is 13.2 Å². The zero-order chi connectivity index (χ0) is 22.6. The highest BCUT2D eigenvalue weighted by molar-refractivity contribution is 6.31. The number of benzene rings is 2. The molecule has 1 amide bonds. The van der Waals surface area contributed by atoms with Crippen molar-refractivity contribution in [1.82, 2.24) is 15.3 Å². The molecular formula is C22H23Cl2N3O4. The van der Waals surface area contributed by atoms with Crippen LogP contribution in [0.5, 0.6) is 5.75 Å². The smallest absolute Gasteiger partial charge is 0.407 e. The number of fused-ring (bicyclic) bond motifs is 1. The van der Waals surface area contributed by atoms with E-state index in [0.29, 0.717) is 57.7 Å². The van der Waals surface area contributed by atoms with Crippen LogP contribution in [0.15, 0.2) is 41.2 Å². The summed E-state index contributed by atoms with van der Waals surface area (Å²) in [4.78, 5) is 31.5. The van der Waals surface area contributed by atoms with Gasteiger partial charge in [0.05, 0.1) is 23.1 Å². The van der Waals surface area contributed by atoms with Crippen molar-refractivity contribution in [3.63, 3.8) is 0 Å². The van der Waals surface area contributed by atoms with Gasteiger partial charge in [0.15, 0.2) is 0 Å². The lowest BCUT2D eigenvalue weighted by Gasteiger charge is -2.19. The van der Waals surface area contributed by atoms with Gasteiger partial charge in [0.2, 0.25) is 0 Å². The van der Waals surface area contributed by atoms with Gasteiger partial charge in [-0.1, -0.05) is 23.2 Å². The van der Waals surface area contributed by atoms with E-state index >= 15 is 0 Å². The molecule has 0 saturated heterocycles. The van der Waals surface area contributed by atoms with Crippen LogP contribution in [0.3, 0.4) is 0 Å². The van der Waals surface area contributed by atoms with Gasteiger partial charge in [-0.25, -0.2) is 9.78 Å². The molecule has 7 nitrogen and oxygen atoms in total. The van der Waals surface area contributed by atoms with Crippen LogP contribution < -0.4 is 15.6 Å². The molecule has 0 atom stereocenters. The summed E-state index contributed by atoms with van der Waals surface area (Å²) >= 11 is 12.1. The van der Waals surface area contributed by atoms with Gasteiger partial charge in [-0.3, -0.25) is 4.79 Å². The highest BCUT2D eigenvalue weighted by Crippen LogP contribution is 2.31. The second-order valence-corrected chi connectivity index (χ2v) is 8.72. The first-order valence-corrected chi connectivity index (χ1v) is 10.5. The van der Waals surface area contributed by atoms with Gasteiger partial charge in [0.1, 0.15) is 17.2 Å². The molecule has 9 heteroatoms. The van der Waals surface area contributed by atoms with Crippen LogP contribution in [0.1, 0.15) is 27.2 Å². The highest BCUT2D eigenvalue weighted by atomic mass is 35.5. The van der Waals surface area contributed by atoms with Crippen LogP contribution in [0.25, 0.3) is 22.3 Å². The van der Waals surface area contributed by atoms with Crippen LogP contribution >= 0.6 is 23.2 Å². The van der Waals surface area contributed by atoms with E-state index in [1.165, 1.54) is 0 Å². The molecule has 2 aromatic carbocycles. The molecule has 0 unspecified atom stereocenters. The molecule has 3 aromatic rings. The Morgan fingerprint density at radius 1 is 1.13 bits per heavy atom. The van der Waals surface area contributed by atoms with Crippen molar-refractivity contribution in [1.29, 1.82) is 0 Å². The zero-order valence-electron chi connectivity index (χ0n) is 17.4. The number of alkyl carbamates (subject to hydrolysis) is 1. The summed E-state index contributed by atoms with van der Waals surface area (Å²) in [5, 5.41) is 4.01. The average molecular weight is 464 g/mol. The van der Waals surface area contributed by atoms with E-state index in [9.17, 15) is 9.59 Å². The van der Waals surface area contributed by atoms with E-state index in [-0.39, 0.29) is 5.56 Å². The number of halogens is 2. The number of aromatic amines is 1. The molecule has 0 saturated carbocycles. The lowest BCUT2D eigenvalue weighted by molar-refractivity contribution is 0.0525. The first kappa shape index (κ1) is 22.9. The maximum absolute atomic E-state index is 12.5. The lowest BCUT2D eigenvalue weighted by Crippen LogP contribution is -2.33. The van der Waals surface area contributed by atoms with Gasteiger partial charge in [0.25, 0.3) is 5.56 Å². The Labute approximate surface area is 189 Å². The molecule has 0 aliphatic carbocycles. The highest BCUT2D eigenvalue weighted by Gasteiger charge is 2.16. The second kappa shape index (κ2) is 9.58. The second-order valence-electron chi connectivity index (χ2n) is 7.85. The molecule has 2 N–H and O–H groups in total. The van der Waals surface area contributed by atoms with E-state index in [0.717, 1.165) is 0 Å². The number of rotatable bonds is 6. The van der Waals surface area contributed by atoms with Gasteiger partial charge < -0.3 is 19.8 Å². The fourth-order valence-corrected chi connectivity index (χ4v) is 3.15. The van der Waals surface area contributed by atoms with Gasteiger partial charge in [-0.15, -0.1) is 0 Å². The number of hydrogen-bond acceptors (Lipinski definition) is 5. The topological polar surface area (TPSA) is 93.3 Å². The maximum Gasteiger partial charge on any atom is 0.407 e. The Morgan fingerprint density at radius 3 is 2.58 bits per heavy atom. The number of aromatic nitrogens is 2. The molecular weight excluding hydrogens is 441 g/mol. The third-order valence-electron chi connectivity index (χ3n) is 4.11. The van der Waals surface area contributed by atoms with E-state index < -0.39 is 11.7 Å². The van der Waals surface area contributed by atoms with E-state index in [1.807, 2.05) is 0 Å².